The van der Waals surface area contributed by atoms with E-state index in [4.69, 9.17) is 9.84 Å². The summed E-state index contributed by atoms with van der Waals surface area (Å²) in [7, 11) is 2.05. The van der Waals surface area contributed by atoms with Gasteiger partial charge in [-0.25, -0.2) is 4.98 Å². The van der Waals surface area contributed by atoms with Crippen molar-refractivity contribution in [3.05, 3.63) is 23.9 Å². The smallest absolute Gasteiger partial charge is 0.306 e. The molecule has 0 bridgehead atoms. The first kappa shape index (κ1) is 18.1. The van der Waals surface area contributed by atoms with E-state index in [0.717, 1.165) is 37.3 Å². The minimum atomic E-state index is -0.788. The molecule has 0 aromatic carbocycles. The molecule has 138 valence electrons. The number of hydrogen-bond donors (Lipinski definition) is 1. The zero-order chi connectivity index (χ0) is 18.0. The highest BCUT2D eigenvalue weighted by Gasteiger charge is 2.45. The van der Waals surface area contributed by atoms with Gasteiger partial charge in [0.15, 0.2) is 0 Å². The van der Waals surface area contributed by atoms with Crippen LogP contribution in [0.15, 0.2) is 18.3 Å². The van der Waals surface area contributed by atoms with Gasteiger partial charge in [0.25, 0.3) is 0 Å². The zero-order valence-corrected chi connectivity index (χ0v) is 15.4. The highest BCUT2D eigenvalue weighted by atomic mass is 16.5. The second kappa shape index (κ2) is 7.30. The van der Waals surface area contributed by atoms with Crippen molar-refractivity contribution in [3.63, 3.8) is 0 Å². The molecule has 1 saturated heterocycles. The number of rotatable bonds is 6. The van der Waals surface area contributed by atoms with E-state index in [1.54, 1.807) is 0 Å². The molecule has 1 aliphatic heterocycles. The molecule has 6 heteroatoms. The standard InChI is InChI=1S/C19H29N3O3/c1-14(2)21(3)17-6-5-15(10-20-17)11-22-12-16(9-18(23)24)25-19(13-22)7-4-8-19/h5-6,10,14,16H,4,7-9,11-13H2,1-3H3,(H,23,24). The van der Waals surface area contributed by atoms with E-state index in [2.05, 4.69) is 40.8 Å². The second-order valence-corrected chi connectivity index (χ2v) is 7.77. The number of carboxylic acid groups (broad SMARTS) is 1. The predicted octanol–water partition coefficient (Wildman–Crippen LogP) is 2.52. The van der Waals surface area contributed by atoms with Crippen molar-refractivity contribution in [1.82, 2.24) is 9.88 Å². The summed E-state index contributed by atoms with van der Waals surface area (Å²) >= 11 is 0. The van der Waals surface area contributed by atoms with Gasteiger partial charge < -0.3 is 14.7 Å². The van der Waals surface area contributed by atoms with Gasteiger partial charge in [-0.2, -0.15) is 0 Å². The lowest BCUT2D eigenvalue weighted by Crippen LogP contribution is -2.58. The summed E-state index contributed by atoms with van der Waals surface area (Å²) in [5.41, 5.74) is 1.04. The third-order valence-corrected chi connectivity index (χ3v) is 5.41. The lowest BCUT2D eigenvalue weighted by atomic mass is 9.78. The quantitative estimate of drug-likeness (QED) is 0.853. The van der Waals surface area contributed by atoms with Crippen LogP contribution in [0.2, 0.25) is 0 Å². The lowest BCUT2D eigenvalue weighted by molar-refractivity contribution is -0.196. The maximum atomic E-state index is 11.1. The minimum Gasteiger partial charge on any atom is -0.481 e. The Morgan fingerprint density at radius 1 is 1.48 bits per heavy atom. The van der Waals surface area contributed by atoms with Crippen LogP contribution in [0.5, 0.6) is 0 Å². The Morgan fingerprint density at radius 2 is 2.24 bits per heavy atom. The highest BCUT2D eigenvalue weighted by molar-refractivity contribution is 5.67. The molecule has 1 spiro atoms. The van der Waals surface area contributed by atoms with Crippen molar-refractivity contribution >= 4 is 11.8 Å². The summed E-state index contributed by atoms with van der Waals surface area (Å²) in [5, 5.41) is 9.12. The first-order valence-electron chi connectivity index (χ1n) is 9.17. The van der Waals surface area contributed by atoms with Crippen molar-refractivity contribution in [1.29, 1.82) is 0 Å². The van der Waals surface area contributed by atoms with E-state index in [-0.39, 0.29) is 18.1 Å². The van der Waals surface area contributed by atoms with Crippen molar-refractivity contribution in [2.75, 3.05) is 25.0 Å². The molecule has 3 rings (SSSR count). The van der Waals surface area contributed by atoms with Crippen LogP contribution in [-0.2, 0) is 16.1 Å². The number of ether oxygens (including phenoxy) is 1. The van der Waals surface area contributed by atoms with Crippen LogP contribution >= 0.6 is 0 Å². The number of carbonyl (C=O) groups is 1. The molecule has 1 aromatic rings. The van der Waals surface area contributed by atoms with Gasteiger partial charge in [0.1, 0.15) is 5.82 Å². The average Bonchev–Trinajstić information content (AvgIpc) is 2.52. The van der Waals surface area contributed by atoms with Gasteiger partial charge in [0, 0.05) is 38.9 Å². The SMILES string of the molecule is CC(C)N(C)c1ccc(CN2CC(CC(=O)O)OC3(CCC3)C2)cn1. The van der Waals surface area contributed by atoms with Crippen molar-refractivity contribution in [2.24, 2.45) is 0 Å². The van der Waals surface area contributed by atoms with E-state index >= 15 is 0 Å². The summed E-state index contributed by atoms with van der Waals surface area (Å²) in [6.45, 7) is 6.63. The van der Waals surface area contributed by atoms with E-state index < -0.39 is 5.97 Å². The Kier molecular flexibility index (Phi) is 5.29. The molecular weight excluding hydrogens is 318 g/mol. The summed E-state index contributed by atoms with van der Waals surface area (Å²) in [4.78, 5) is 20.1. The van der Waals surface area contributed by atoms with E-state index in [0.29, 0.717) is 12.6 Å². The van der Waals surface area contributed by atoms with Gasteiger partial charge in [-0.3, -0.25) is 9.69 Å². The molecule has 1 N–H and O–H groups in total. The number of nitrogens with zero attached hydrogens (tertiary/aromatic N) is 3. The first-order valence-corrected chi connectivity index (χ1v) is 9.17. The molecule has 2 aliphatic rings. The predicted molar refractivity (Wildman–Crippen MR) is 96.8 cm³/mol. The van der Waals surface area contributed by atoms with Crippen molar-refractivity contribution < 1.29 is 14.6 Å². The van der Waals surface area contributed by atoms with Gasteiger partial charge in [0.05, 0.1) is 18.1 Å². The van der Waals surface area contributed by atoms with Crippen LogP contribution in [0, 0.1) is 0 Å². The fourth-order valence-electron chi connectivity index (χ4n) is 3.70. The van der Waals surface area contributed by atoms with Gasteiger partial charge in [-0.05, 0) is 44.7 Å². The van der Waals surface area contributed by atoms with E-state index in [1.807, 2.05) is 13.2 Å². The maximum Gasteiger partial charge on any atom is 0.306 e. The number of pyridine rings is 1. The molecule has 1 atom stereocenters. The summed E-state index contributed by atoms with van der Waals surface area (Å²) in [6, 6.07) is 4.59. The monoisotopic (exact) mass is 347 g/mol. The molecule has 6 nitrogen and oxygen atoms in total. The third kappa shape index (κ3) is 4.30. The minimum absolute atomic E-state index is 0.0780. The van der Waals surface area contributed by atoms with Crippen LogP contribution in [0.1, 0.15) is 45.1 Å². The molecule has 25 heavy (non-hydrogen) atoms. The molecule has 1 unspecified atom stereocenters. The normalized spacial score (nSPS) is 22.8. The number of carboxylic acids is 1. The van der Waals surface area contributed by atoms with E-state index in [1.165, 1.54) is 6.42 Å². The molecule has 1 aliphatic carbocycles. The number of aromatic nitrogens is 1. The fourth-order valence-corrected chi connectivity index (χ4v) is 3.70. The van der Waals surface area contributed by atoms with Crippen LogP contribution in [0.4, 0.5) is 5.82 Å². The Morgan fingerprint density at radius 3 is 2.76 bits per heavy atom. The summed E-state index contributed by atoms with van der Waals surface area (Å²) in [5.74, 6) is 0.184. The zero-order valence-electron chi connectivity index (χ0n) is 15.4. The number of anilines is 1. The molecule has 2 fully saturated rings. The molecule has 0 amide bonds. The molecule has 1 aromatic heterocycles. The largest absolute Gasteiger partial charge is 0.481 e. The Hall–Kier alpha value is -1.66. The topological polar surface area (TPSA) is 65.9 Å². The highest BCUT2D eigenvalue weighted by Crippen LogP contribution is 2.40. The maximum absolute atomic E-state index is 11.1. The number of aliphatic carboxylic acids is 1. The first-order chi connectivity index (χ1) is 11.9. The lowest BCUT2D eigenvalue weighted by Gasteiger charge is -2.51. The Labute approximate surface area is 149 Å². The van der Waals surface area contributed by atoms with Crippen LogP contribution < -0.4 is 4.90 Å². The average molecular weight is 347 g/mol. The van der Waals surface area contributed by atoms with E-state index in [9.17, 15) is 4.79 Å². The molecule has 1 saturated carbocycles. The molecule has 2 heterocycles. The van der Waals surface area contributed by atoms with Gasteiger partial charge in [0.2, 0.25) is 0 Å². The van der Waals surface area contributed by atoms with Gasteiger partial charge in [-0.1, -0.05) is 6.07 Å². The van der Waals surface area contributed by atoms with Crippen molar-refractivity contribution in [3.8, 4) is 0 Å². The van der Waals surface area contributed by atoms with Crippen molar-refractivity contribution in [2.45, 2.75) is 63.8 Å². The molecular formula is C19H29N3O3. The van der Waals surface area contributed by atoms with Crippen LogP contribution in [0.25, 0.3) is 0 Å². The van der Waals surface area contributed by atoms with Crippen LogP contribution in [0.3, 0.4) is 0 Å². The number of hydrogen-bond acceptors (Lipinski definition) is 5. The molecule has 0 radical (unpaired) electrons. The number of morpholine rings is 1. The van der Waals surface area contributed by atoms with Crippen LogP contribution in [-0.4, -0.2) is 58.8 Å². The Balaban J connectivity index is 1.65. The fraction of sp³-hybridized carbons (Fsp3) is 0.684. The summed E-state index contributed by atoms with van der Waals surface area (Å²) < 4.78 is 6.12. The van der Waals surface area contributed by atoms with Gasteiger partial charge in [-0.15, -0.1) is 0 Å². The Bertz CT molecular complexity index is 598. The summed E-state index contributed by atoms with van der Waals surface area (Å²) in [6.07, 6.45) is 5.04. The van der Waals surface area contributed by atoms with Gasteiger partial charge >= 0.3 is 5.97 Å². The third-order valence-electron chi connectivity index (χ3n) is 5.41. The second-order valence-electron chi connectivity index (χ2n) is 7.77.